The molecule has 1 aromatic heterocycles. The van der Waals surface area contributed by atoms with Crippen molar-refractivity contribution in [2.24, 2.45) is 0 Å². The quantitative estimate of drug-likeness (QED) is 0.779. The van der Waals surface area contributed by atoms with Crippen LogP contribution in [0.4, 0.5) is 4.79 Å². The molecule has 0 aromatic carbocycles. The monoisotopic (exact) mass is 269 g/mol. The summed E-state index contributed by atoms with van der Waals surface area (Å²) in [6, 6.07) is 0. The topological polar surface area (TPSA) is 98.1 Å². The summed E-state index contributed by atoms with van der Waals surface area (Å²) in [4.78, 5) is 22.7. The highest BCUT2D eigenvalue weighted by molar-refractivity contribution is 5.82. The van der Waals surface area contributed by atoms with Crippen molar-refractivity contribution >= 4 is 12.0 Å². The lowest BCUT2D eigenvalue weighted by Crippen LogP contribution is -2.40. The molecule has 0 atom stereocenters. The van der Waals surface area contributed by atoms with E-state index < -0.39 is 11.7 Å². The minimum atomic E-state index is -0.610. The van der Waals surface area contributed by atoms with Crippen molar-refractivity contribution in [3.8, 4) is 0 Å². The van der Waals surface area contributed by atoms with Gasteiger partial charge in [0.05, 0.1) is 6.54 Å². The van der Waals surface area contributed by atoms with Crippen LogP contribution < -0.4 is 10.6 Å². The Balaban J connectivity index is 2.12. The van der Waals surface area contributed by atoms with Gasteiger partial charge in [0.25, 0.3) is 0 Å². The first kappa shape index (κ1) is 14.9. The standard InChI is InChI=1S/C11H19N5O3/c1-11(2,3)19-10(18)13-6-9(17)12-4-5-16-7-14-15-8-16/h7-8H,4-6H2,1-3H3,(H,12,17)(H,13,18). The van der Waals surface area contributed by atoms with Crippen LogP contribution in [-0.4, -0.2) is 45.5 Å². The number of carbonyl (C=O) groups is 2. The number of ether oxygens (including phenoxy) is 1. The molecule has 1 rings (SSSR count). The Morgan fingerprint density at radius 3 is 2.42 bits per heavy atom. The maximum Gasteiger partial charge on any atom is 0.408 e. The molecule has 0 unspecified atom stereocenters. The maximum atomic E-state index is 11.4. The van der Waals surface area contributed by atoms with E-state index in [9.17, 15) is 9.59 Å². The summed E-state index contributed by atoms with van der Waals surface area (Å²) in [6.45, 7) is 6.17. The van der Waals surface area contributed by atoms with Gasteiger partial charge in [-0.15, -0.1) is 10.2 Å². The van der Waals surface area contributed by atoms with Crippen LogP contribution in [0.1, 0.15) is 20.8 Å². The molecule has 0 bridgehead atoms. The third-order valence-electron chi connectivity index (χ3n) is 1.95. The molecule has 0 radical (unpaired) electrons. The van der Waals surface area contributed by atoms with E-state index in [0.717, 1.165) is 0 Å². The van der Waals surface area contributed by atoms with Crippen molar-refractivity contribution in [1.82, 2.24) is 25.4 Å². The number of nitrogens with one attached hydrogen (secondary N) is 2. The molecule has 2 amide bonds. The van der Waals surface area contributed by atoms with Gasteiger partial charge < -0.3 is 19.9 Å². The molecule has 0 saturated carbocycles. The van der Waals surface area contributed by atoms with Crippen LogP contribution in [0.5, 0.6) is 0 Å². The van der Waals surface area contributed by atoms with Gasteiger partial charge in [-0.1, -0.05) is 0 Å². The summed E-state index contributed by atoms with van der Waals surface area (Å²) in [7, 11) is 0. The Morgan fingerprint density at radius 2 is 1.84 bits per heavy atom. The van der Waals surface area contributed by atoms with Crippen molar-refractivity contribution in [2.45, 2.75) is 32.9 Å². The summed E-state index contributed by atoms with van der Waals surface area (Å²) in [5.74, 6) is -0.279. The van der Waals surface area contributed by atoms with Gasteiger partial charge in [-0.3, -0.25) is 4.79 Å². The fourth-order valence-corrected chi connectivity index (χ4v) is 1.19. The molecule has 2 N–H and O–H groups in total. The van der Waals surface area contributed by atoms with Gasteiger partial charge in [0.1, 0.15) is 18.3 Å². The minimum absolute atomic E-state index is 0.114. The Bertz CT molecular complexity index is 410. The van der Waals surface area contributed by atoms with Crippen molar-refractivity contribution < 1.29 is 14.3 Å². The fraction of sp³-hybridized carbons (Fsp3) is 0.636. The van der Waals surface area contributed by atoms with Crippen molar-refractivity contribution in [3.05, 3.63) is 12.7 Å². The zero-order chi connectivity index (χ0) is 14.3. The lowest BCUT2D eigenvalue weighted by atomic mass is 10.2. The Labute approximate surface area is 111 Å². The molecule has 0 aliphatic rings. The Hall–Kier alpha value is -2.12. The summed E-state index contributed by atoms with van der Waals surface area (Å²) >= 11 is 0. The number of carbonyl (C=O) groups excluding carboxylic acids is 2. The molecule has 106 valence electrons. The third kappa shape index (κ3) is 7.02. The number of hydrogen-bond acceptors (Lipinski definition) is 5. The maximum absolute atomic E-state index is 11.4. The second kappa shape index (κ2) is 6.72. The van der Waals surface area contributed by atoms with Crippen LogP contribution >= 0.6 is 0 Å². The second-order valence-electron chi connectivity index (χ2n) is 4.91. The smallest absolute Gasteiger partial charge is 0.408 e. The number of rotatable bonds is 5. The lowest BCUT2D eigenvalue weighted by molar-refractivity contribution is -0.120. The molecule has 0 aliphatic carbocycles. The molecule has 0 fully saturated rings. The van der Waals surface area contributed by atoms with Crippen molar-refractivity contribution in [1.29, 1.82) is 0 Å². The minimum Gasteiger partial charge on any atom is -0.444 e. The Kier molecular flexibility index (Phi) is 5.28. The van der Waals surface area contributed by atoms with E-state index in [1.54, 1.807) is 38.0 Å². The highest BCUT2D eigenvalue weighted by Gasteiger charge is 2.16. The van der Waals surface area contributed by atoms with E-state index in [0.29, 0.717) is 13.1 Å². The van der Waals surface area contributed by atoms with Crippen molar-refractivity contribution in [2.75, 3.05) is 13.1 Å². The van der Waals surface area contributed by atoms with Crippen LogP contribution in [-0.2, 0) is 16.1 Å². The second-order valence-corrected chi connectivity index (χ2v) is 4.91. The van der Waals surface area contributed by atoms with E-state index >= 15 is 0 Å². The molecule has 0 aliphatic heterocycles. The van der Waals surface area contributed by atoms with Crippen molar-refractivity contribution in [3.63, 3.8) is 0 Å². The van der Waals surface area contributed by atoms with Gasteiger partial charge >= 0.3 is 6.09 Å². The molecule has 8 nitrogen and oxygen atoms in total. The highest BCUT2D eigenvalue weighted by atomic mass is 16.6. The number of nitrogens with zero attached hydrogens (tertiary/aromatic N) is 3. The van der Waals surface area contributed by atoms with Gasteiger partial charge in [0.2, 0.25) is 5.91 Å². The first-order chi connectivity index (χ1) is 8.87. The van der Waals surface area contributed by atoms with E-state index in [1.807, 2.05) is 0 Å². The SMILES string of the molecule is CC(C)(C)OC(=O)NCC(=O)NCCn1cnnc1. The highest BCUT2D eigenvalue weighted by Crippen LogP contribution is 2.05. The summed E-state index contributed by atoms with van der Waals surface area (Å²) in [5, 5.41) is 12.3. The van der Waals surface area contributed by atoms with E-state index in [4.69, 9.17) is 4.74 Å². The van der Waals surface area contributed by atoms with Gasteiger partial charge in [-0.05, 0) is 20.8 Å². The third-order valence-corrected chi connectivity index (χ3v) is 1.95. The van der Waals surface area contributed by atoms with Gasteiger partial charge in [-0.25, -0.2) is 4.79 Å². The average Bonchev–Trinajstić information content (AvgIpc) is 2.77. The number of alkyl carbamates (subject to hydrolysis) is 1. The predicted molar refractivity (Wildman–Crippen MR) is 67.3 cm³/mol. The first-order valence-corrected chi connectivity index (χ1v) is 5.93. The number of hydrogen-bond donors (Lipinski definition) is 2. The number of amides is 2. The summed E-state index contributed by atoms with van der Waals surface area (Å²) in [5.41, 5.74) is -0.574. The van der Waals surface area contributed by atoms with Gasteiger partial charge in [0, 0.05) is 13.1 Å². The van der Waals surface area contributed by atoms with Gasteiger partial charge in [0.15, 0.2) is 0 Å². The summed E-state index contributed by atoms with van der Waals surface area (Å²) < 4.78 is 6.74. The average molecular weight is 269 g/mol. The van der Waals surface area contributed by atoms with Crippen LogP contribution in [0, 0.1) is 0 Å². The van der Waals surface area contributed by atoms with Gasteiger partial charge in [-0.2, -0.15) is 0 Å². The van der Waals surface area contributed by atoms with Crippen LogP contribution in [0.25, 0.3) is 0 Å². The molecule has 8 heteroatoms. The first-order valence-electron chi connectivity index (χ1n) is 5.93. The number of aromatic nitrogens is 3. The zero-order valence-corrected chi connectivity index (χ0v) is 11.3. The van der Waals surface area contributed by atoms with Crippen LogP contribution in [0.2, 0.25) is 0 Å². The molecule has 0 saturated heterocycles. The zero-order valence-electron chi connectivity index (χ0n) is 11.3. The van der Waals surface area contributed by atoms with E-state index in [2.05, 4.69) is 20.8 Å². The van der Waals surface area contributed by atoms with E-state index in [-0.39, 0.29) is 12.5 Å². The molecule has 19 heavy (non-hydrogen) atoms. The normalized spacial score (nSPS) is 10.9. The summed E-state index contributed by atoms with van der Waals surface area (Å²) in [6.07, 6.45) is 2.51. The van der Waals surface area contributed by atoms with E-state index in [1.165, 1.54) is 0 Å². The predicted octanol–water partition coefficient (Wildman–Crippen LogP) is -0.0810. The molecule has 1 heterocycles. The fourth-order valence-electron chi connectivity index (χ4n) is 1.19. The molecular formula is C11H19N5O3. The molecule has 0 spiro atoms. The van der Waals surface area contributed by atoms with Crippen LogP contribution in [0.3, 0.4) is 0 Å². The largest absolute Gasteiger partial charge is 0.444 e. The Morgan fingerprint density at radius 1 is 1.21 bits per heavy atom. The molecular weight excluding hydrogens is 250 g/mol. The van der Waals surface area contributed by atoms with Crippen LogP contribution in [0.15, 0.2) is 12.7 Å². The lowest BCUT2D eigenvalue weighted by Gasteiger charge is -2.19. The molecule has 1 aromatic rings.